The van der Waals surface area contributed by atoms with Gasteiger partial charge in [0.1, 0.15) is 5.82 Å². The summed E-state index contributed by atoms with van der Waals surface area (Å²) in [5, 5.41) is 10.7. The lowest BCUT2D eigenvalue weighted by Crippen LogP contribution is -2.21. The van der Waals surface area contributed by atoms with Gasteiger partial charge in [-0.05, 0) is 35.4 Å². The summed E-state index contributed by atoms with van der Waals surface area (Å²) in [5.74, 6) is 1.67. The van der Waals surface area contributed by atoms with E-state index in [0.717, 1.165) is 0 Å². The van der Waals surface area contributed by atoms with Crippen LogP contribution >= 0.6 is 22.6 Å². The Morgan fingerprint density at radius 1 is 1.14 bits per heavy atom. The van der Waals surface area contributed by atoms with Crippen molar-refractivity contribution in [1.82, 2.24) is 20.4 Å². The summed E-state index contributed by atoms with van der Waals surface area (Å²) in [4.78, 5) is 4.15. The number of rotatable bonds is 3. The van der Waals surface area contributed by atoms with E-state index in [-0.39, 0.29) is 4.11 Å². The zero-order valence-electron chi connectivity index (χ0n) is 12.6. The maximum absolute atomic E-state index is 6.19. The summed E-state index contributed by atoms with van der Waals surface area (Å²) >= 11 is 2.41. The average Bonchev–Trinajstić information content (AvgIpc) is 2.99. The molecule has 0 spiro atoms. The van der Waals surface area contributed by atoms with Crippen molar-refractivity contribution in [3.8, 4) is 5.75 Å². The molecule has 120 valence electrons. The van der Waals surface area contributed by atoms with Crippen LogP contribution in [-0.2, 0) is 0 Å². The summed E-state index contributed by atoms with van der Waals surface area (Å²) in [6.07, 6.45) is 10.5. The number of pyridine rings is 1. The van der Waals surface area contributed by atoms with Gasteiger partial charge in [-0.15, -0.1) is 5.10 Å². The molecular formula is C15H22IN5O. The molecule has 0 aliphatic heterocycles. The van der Waals surface area contributed by atoms with Gasteiger partial charge in [0.2, 0.25) is 5.65 Å². The summed E-state index contributed by atoms with van der Waals surface area (Å²) in [5.41, 5.74) is 6.99. The SMILES string of the molecule is Nc1cc(OC(I)C2CCCCCCCC2)c2n[nH]nc2n1. The predicted octanol–water partition coefficient (Wildman–Crippen LogP) is 3.83. The van der Waals surface area contributed by atoms with Crippen LogP contribution in [0.1, 0.15) is 51.4 Å². The Morgan fingerprint density at radius 3 is 2.55 bits per heavy atom. The van der Waals surface area contributed by atoms with Crippen LogP contribution in [0, 0.1) is 5.92 Å². The maximum atomic E-state index is 6.19. The van der Waals surface area contributed by atoms with Gasteiger partial charge in [-0.25, -0.2) is 4.98 Å². The van der Waals surface area contributed by atoms with Gasteiger partial charge in [0, 0.05) is 12.0 Å². The quantitative estimate of drug-likeness (QED) is 0.588. The van der Waals surface area contributed by atoms with E-state index in [4.69, 9.17) is 10.5 Å². The molecule has 1 aliphatic carbocycles. The van der Waals surface area contributed by atoms with E-state index in [1.54, 1.807) is 6.07 Å². The van der Waals surface area contributed by atoms with E-state index in [9.17, 15) is 0 Å². The monoisotopic (exact) mass is 415 g/mol. The van der Waals surface area contributed by atoms with Crippen LogP contribution < -0.4 is 10.5 Å². The van der Waals surface area contributed by atoms with Crippen molar-refractivity contribution >= 4 is 39.6 Å². The van der Waals surface area contributed by atoms with Crippen LogP contribution in [0.4, 0.5) is 5.82 Å². The smallest absolute Gasteiger partial charge is 0.207 e. The summed E-state index contributed by atoms with van der Waals surface area (Å²) in [6.45, 7) is 0. The largest absolute Gasteiger partial charge is 0.477 e. The fourth-order valence-corrected chi connectivity index (χ4v) is 4.05. The minimum absolute atomic E-state index is 0.123. The molecule has 1 aliphatic rings. The second-order valence-electron chi connectivity index (χ2n) is 5.97. The van der Waals surface area contributed by atoms with Crippen molar-refractivity contribution < 1.29 is 4.74 Å². The van der Waals surface area contributed by atoms with Gasteiger partial charge in [-0.1, -0.05) is 38.5 Å². The van der Waals surface area contributed by atoms with Crippen molar-refractivity contribution in [2.45, 2.75) is 55.5 Å². The van der Waals surface area contributed by atoms with Gasteiger partial charge >= 0.3 is 0 Å². The first kappa shape index (κ1) is 15.8. The first-order chi connectivity index (χ1) is 10.7. The fourth-order valence-electron chi connectivity index (χ4n) is 3.06. The Morgan fingerprint density at radius 2 is 1.82 bits per heavy atom. The molecule has 1 fully saturated rings. The lowest BCUT2D eigenvalue weighted by Gasteiger charge is -2.23. The molecule has 22 heavy (non-hydrogen) atoms. The van der Waals surface area contributed by atoms with Gasteiger partial charge in [0.15, 0.2) is 15.4 Å². The van der Waals surface area contributed by atoms with Gasteiger partial charge < -0.3 is 10.5 Å². The average molecular weight is 415 g/mol. The Hall–Kier alpha value is -1.12. The lowest BCUT2D eigenvalue weighted by atomic mass is 9.98. The topological polar surface area (TPSA) is 89.7 Å². The number of hydrogen-bond acceptors (Lipinski definition) is 5. The summed E-state index contributed by atoms with van der Waals surface area (Å²) < 4.78 is 6.31. The Balaban J connectivity index is 1.73. The molecule has 2 aromatic rings. The maximum Gasteiger partial charge on any atom is 0.207 e. The molecule has 0 saturated heterocycles. The van der Waals surface area contributed by atoms with Crippen molar-refractivity contribution in [3.05, 3.63) is 6.07 Å². The van der Waals surface area contributed by atoms with Gasteiger partial charge in [0.05, 0.1) is 0 Å². The van der Waals surface area contributed by atoms with Crippen LogP contribution in [0.25, 0.3) is 11.2 Å². The van der Waals surface area contributed by atoms with Crippen LogP contribution in [-0.4, -0.2) is 24.5 Å². The summed E-state index contributed by atoms with van der Waals surface area (Å²) in [7, 11) is 0. The number of nitrogens with one attached hydrogen (secondary N) is 1. The second kappa shape index (κ2) is 7.43. The molecule has 7 heteroatoms. The minimum atomic E-state index is 0.123. The molecule has 2 aromatic heterocycles. The number of aromatic nitrogens is 4. The Kier molecular flexibility index (Phi) is 5.32. The number of hydrogen-bond donors (Lipinski definition) is 2. The molecule has 2 heterocycles. The lowest BCUT2D eigenvalue weighted by molar-refractivity contribution is 0.212. The highest BCUT2D eigenvalue weighted by Gasteiger charge is 2.22. The van der Waals surface area contributed by atoms with Crippen LogP contribution in [0.5, 0.6) is 5.75 Å². The number of nitrogens with zero attached hydrogens (tertiary/aromatic N) is 3. The molecule has 0 amide bonds. The molecule has 6 nitrogen and oxygen atoms in total. The predicted molar refractivity (Wildman–Crippen MR) is 95.0 cm³/mol. The van der Waals surface area contributed by atoms with Crippen molar-refractivity contribution in [1.29, 1.82) is 0 Å². The number of halogens is 1. The highest BCUT2D eigenvalue weighted by Crippen LogP contribution is 2.32. The Labute approximate surface area is 143 Å². The van der Waals surface area contributed by atoms with E-state index in [0.29, 0.717) is 28.6 Å². The standard InChI is InChI=1S/C15H22IN5O/c16-14(10-7-5-3-1-2-4-6-8-10)22-11-9-12(17)18-15-13(11)19-21-20-15/h9-10,14H,1-8H2,(H3,17,18,19,20,21). The number of nitrogens with two attached hydrogens (primary N) is 1. The molecule has 1 atom stereocenters. The van der Waals surface area contributed by atoms with Crippen molar-refractivity contribution in [2.24, 2.45) is 5.92 Å². The van der Waals surface area contributed by atoms with Crippen molar-refractivity contribution in [3.63, 3.8) is 0 Å². The normalized spacial score (nSPS) is 19.3. The molecule has 3 rings (SSSR count). The first-order valence-corrected chi connectivity index (χ1v) is 9.26. The van der Waals surface area contributed by atoms with Crippen LogP contribution in [0.15, 0.2) is 6.07 Å². The Bertz CT molecular complexity index is 607. The highest BCUT2D eigenvalue weighted by molar-refractivity contribution is 14.1. The molecule has 0 radical (unpaired) electrons. The second-order valence-corrected chi connectivity index (χ2v) is 7.20. The van der Waals surface area contributed by atoms with Crippen molar-refractivity contribution in [2.75, 3.05) is 5.73 Å². The first-order valence-electron chi connectivity index (χ1n) is 8.02. The third-order valence-electron chi connectivity index (χ3n) is 4.29. The van der Waals surface area contributed by atoms with E-state index in [2.05, 4.69) is 43.0 Å². The van der Waals surface area contributed by atoms with Gasteiger partial charge in [-0.2, -0.15) is 10.3 Å². The van der Waals surface area contributed by atoms with E-state index >= 15 is 0 Å². The molecule has 0 aromatic carbocycles. The number of H-pyrrole nitrogens is 1. The van der Waals surface area contributed by atoms with Gasteiger partial charge in [-0.3, -0.25) is 0 Å². The number of fused-ring (bicyclic) bond motifs is 1. The fraction of sp³-hybridized carbons (Fsp3) is 0.667. The summed E-state index contributed by atoms with van der Waals surface area (Å²) in [6, 6.07) is 1.74. The highest BCUT2D eigenvalue weighted by atomic mass is 127. The molecular weight excluding hydrogens is 393 g/mol. The number of aromatic amines is 1. The van der Waals surface area contributed by atoms with Crippen LogP contribution in [0.2, 0.25) is 0 Å². The number of nitrogen functional groups attached to an aromatic ring is 1. The molecule has 0 bridgehead atoms. The molecule has 3 N–H and O–H groups in total. The van der Waals surface area contributed by atoms with E-state index in [1.165, 1.54) is 51.4 Å². The third-order valence-corrected chi connectivity index (χ3v) is 5.56. The van der Waals surface area contributed by atoms with Crippen LogP contribution in [0.3, 0.4) is 0 Å². The third kappa shape index (κ3) is 3.80. The minimum Gasteiger partial charge on any atom is -0.477 e. The number of alkyl halides is 1. The molecule has 1 unspecified atom stereocenters. The zero-order chi connectivity index (χ0) is 15.4. The molecule has 1 saturated carbocycles. The zero-order valence-corrected chi connectivity index (χ0v) is 14.8. The van der Waals surface area contributed by atoms with E-state index in [1.807, 2.05) is 0 Å². The number of ether oxygens (including phenoxy) is 1. The van der Waals surface area contributed by atoms with E-state index < -0.39 is 0 Å². The van der Waals surface area contributed by atoms with Gasteiger partial charge in [0.25, 0.3) is 0 Å². The number of anilines is 1.